The third-order valence-electron chi connectivity index (χ3n) is 3.31. The van der Waals surface area contributed by atoms with Crippen molar-refractivity contribution in [3.05, 3.63) is 24.3 Å². The molecule has 0 heterocycles. The number of allylic oxidation sites excluding steroid dienone is 4. The highest BCUT2D eigenvalue weighted by Gasteiger charge is 1.96. The second kappa shape index (κ2) is 15.0. The number of aliphatic carboxylic acids is 1. The van der Waals surface area contributed by atoms with E-state index in [9.17, 15) is 14.7 Å². The van der Waals surface area contributed by atoms with Gasteiger partial charge in [0.05, 0.1) is 0 Å². The van der Waals surface area contributed by atoms with Crippen LogP contribution in [0.1, 0.15) is 77.6 Å². The van der Waals surface area contributed by atoms with Gasteiger partial charge in [-0.25, -0.2) is 0 Å². The summed E-state index contributed by atoms with van der Waals surface area (Å²) in [5.41, 5.74) is 0. The van der Waals surface area contributed by atoms with E-state index in [1.54, 1.807) is 6.08 Å². The highest BCUT2D eigenvalue weighted by molar-refractivity contribution is 5.89. The lowest BCUT2D eigenvalue weighted by Gasteiger charge is -2.01. The monoisotopic (exact) mass is 293 g/mol. The van der Waals surface area contributed by atoms with E-state index in [1.807, 2.05) is 12.2 Å². The quantitative estimate of drug-likeness (QED) is 0.278. The third kappa shape index (κ3) is 16.6. The van der Waals surface area contributed by atoms with E-state index in [4.69, 9.17) is 0 Å². The number of hydrogen-bond acceptors (Lipinski definition) is 3. The first-order valence-electron chi connectivity index (χ1n) is 8.22. The van der Waals surface area contributed by atoms with Gasteiger partial charge in [-0.3, -0.25) is 4.79 Å². The Hall–Kier alpha value is -1.38. The molecule has 3 heteroatoms. The first-order chi connectivity index (χ1) is 10.2. The lowest BCUT2D eigenvalue weighted by molar-refractivity contribution is -0.305. The summed E-state index contributed by atoms with van der Waals surface area (Å²) in [6.45, 7) is 2.19. The molecule has 0 spiro atoms. The molecule has 120 valence electrons. The van der Waals surface area contributed by atoms with E-state index in [0.717, 1.165) is 32.1 Å². The standard InChI is InChI=1S/C18H30O3/c1-2-3-4-5-6-8-11-14-17(19)15-12-9-7-10-13-16-18(20)21/h6,8,11,14H,2-5,7,9-10,12-13,15-16H2,1H3,(H,20,21)/p-1/b8-6-,14-11+. The average Bonchev–Trinajstić information content (AvgIpc) is 2.45. The number of carbonyl (C=O) groups is 2. The Bertz CT molecular complexity index is 329. The van der Waals surface area contributed by atoms with Gasteiger partial charge in [-0.15, -0.1) is 0 Å². The normalized spacial score (nSPS) is 11.5. The average molecular weight is 293 g/mol. The molecule has 0 bridgehead atoms. The van der Waals surface area contributed by atoms with Crippen molar-refractivity contribution in [3.8, 4) is 0 Å². The Morgan fingerprint density at radius 1 is 0.857 bits per heavy atom. The molecule has 0 fully saturated rings. The maximum atomic E-state index is 11.5. The smallest absolute Gasteiger partial charge is 0.155 e. The van der Waals surface area contributed by atoms with Gasteiger partial charge in [0.1, 0.15) is 0 Å². The summed E-state index contributed by atoms with van der Waals surface area (Å²) in [6.07, 6.45) is 17.5. The zero-order chi connectivity index (χ0) is 15.8. The first-order valence-corrected chi connectivity index (χ1v) is 8.22. The SMILES string of the molecule is CCCCC/C=C\C=C\C(=O)CCCCCCCC(=O)[O-]. The molecule has 0 aliphatic carbocycles. The van der Waals surface area contributed by atoms with Crippen molar-refractivity contribution in [2.24, 2.45) is 0 Å². The van der Waals surface area contributed by atoms with Crippen LogP contribution >= 0.6 is 0 Å². The zero-order valence-electron chi connectivity index (χ0n) is 13.3. The van der Waals surface area contributed by atoms with Crippen LogP contribution in [0.2, 0.25) is 0 Å². The minimum atomic E-state index is -0.974. The Labute approximate surface area is 129 Å². The van der Waals surface area contributed by atoms with Crippen LogP contribution in [0.4, 0.5) is 0 Å². The lowest BCUT2D eigenvalue weighted by Crippen LogP contribution is -2.21. The number of carbonyl (C=O) groups excluding carboxylic acids is 2. The summed E-state index contributed by atoms with van der Waals surface area (Å²) in [7, 11) is 0. The molecule has 0 unspecified atom stereocenters. The van der Waals surface area contributed by atoms with Crippen molar-refractivity contribution in [1.29, 1.82) is 0 Å². The van der Waals surface area contributed by atoms with Gasteiger partial charge in [0, 0.05) is 12.4 Å². The van der Waals surface area contributed by atoms with Crippen molar-refractivity contribution in [3.63, 3.8) is 0 Å². The number of ketones is 1. The van der Waals surface area contributed by atoms with Gasteiger partial charge in [0.2, 0.25) is 0 Å². The topological polar surface area (TPSA) is 57.2 Å². The first kappa shape index (κ1) is 19.6. The van der Waals surface area contributed by atoms with Crippen LogP contribution in [0.5, 0.6) is 0 Å². The van der Waals surface area contributed by atoms with E-state index in [1.165, 1.54) is 19.3 Å². The third-order valence-corrected chi connectivity index (χ3v) is 3.31. The highest BCUT2D eigenvalue weighted by atomic mass is 16.4. The molecule has 0 aliphatic rings. The van der Waals surface area contributed by atoms with Gasteiger partial charge < -0.3 is 9.90 Å². The molecule has 0 atom stereocenters. The summed E-state index contributed by atoms with van der Waals surface area (Å²) in [5, 5.41) is 10.2. The van der Waals surface area contributed by atoms with E-state index in [2.05, 4.69) is 13.0 Å². The molecule has 0 aliphatic heterocycles. The van der Waals surface area contributed by atoms with E-state index < -0.39 is 5.97 Å². The van der Waals surface area contributed by atoms with Crippen LogP contribution in [-0.2, 0) is 9.59 Å². The molecule has 0 rings (SSSR count). The van der Waals surface area contributed by atoms with E-state index >= 15 is 0 Å². The lowest BCUT2D eigenvalue weighted by atomic mass is 10.1. The van der Waals surface area contributed by atoms with Gasteiger partial charge in [0.25, 0.3) is 0 Å². The number of carboxylic acids is 1. The van der Waals surface area contributed by atoms with Crippen LogP contribution < -0.4 is 5.11 Å². The van der Waals surface area contributed by atoms with Crippen LogP contribution in [0, 0.1) is 0 Å². The van der Waals surface area contributed by atoms with Gasteiger partial charge in [-0.2, -0.15) is 0 Å². The number of carboxylic acid groups (broad SMARTS) is 1. The Kier molecular flexibility index (Phi) is 14.0. The van der Waals surface area contributed by atoms with Crippen molar-refractivity contribution >= 4 is 11.8 Å². The summed E-state index contributed by atoms with van der Waals surface area (Å²) in [4.78, 5) is 21.8. The molecular weight excluding hydrogens is 264 g/mol. The minimum absolute atomic E-state index is 0.145. The number of hydrogen-bond donors (Lipinski definition) is 0. The minimum Gasteiger partial charge on any atom is -0.550 e. The zero-order valence-corrected chi connectivity index (χ0v) is 13.3. The molecule has 0 radical (unpaired) electrons. The number of rotatable bonds is 14. The van der Waals surface area contributed by atoms with Crippen LogP contribution in [0.25, 0.3) is 0 Å². The van der Waals surface area contributed by atoms with Gasteiger partial charge in [0.15, 0.2) is 5.78 Å². The molecule has 0 aromatic heterocycles. The van der Waals surface area contributed by atoms with Crippen LogP contribution in [0.15, 0.2) is 24.3 Å². The summed E-state index contributed by atoms with van der Waals surface area (Å²) in [5.74, 6) is -0.805. The summed E-state index contributed by atoms with van der Waals surface area (Å²) >= 11 is 0. The Balaban J connectivity index is 3.43. The van der Waals surface area contributed by atoms with Gasteiger partial charge >= 0.3 is 0 Å². The molecule has 3 nitrogen and oxygen atoms in total. The molecule has 0 aromatic carbocycles. The fraction of sp³-hybridized carbons (Fsp3) is 0.667. The predicted molar refractivity (Wildman–Crippen MR) is 84.8 cm³/mol. The maximum absolute atomic E-state index is 11.5. The molecule has 0 aromatic rings. The fourth-order valence-corrected chi connectivity index (χ4v) is 2.03. The van der Waals surface area contributed by atoms with Crippen molar-refractivity contribution < 1.29 is 14.7 Å². The molecular formula is C18H29O3-. The van der Waals surface area contributed by atoms with Crippen LogP contribution in [-0.4, -0.2) is 11.8 Å². The largest absolute Gasteiger partial charge is 0.550 e. The molecule has 0 amide bonds. The number of unbranched alkanes of at least 4 members (excludes halogenated alkanes) is 7. The molecule has 0 N–H and O–H groups in total. The van der Waals surface area contributed by atoms with Crippen molar-refractivity contribution in [2.45, 2.75) is 77.6 Å². The summed E-state index contributed by atoms with van der Waals surface area (Å²) < 4.78 is 0. The van der Waals surface area contributed by atoms with E-state index in [0.29, 0.717) is 12.8 Å². The highest BCUT2D eigenvalue weighted by Crippen LogP contribution is 2.07. The van der Waals surface area contributed by atoms with Crippen molar-refractivity contribution in [2.75, 3.05) is 0 Å². The fourth-order valence-electron chi connectivity index (χ4n) is 2.03. The molecule has 0 saturated carbocycles. The van der Waals surface area contributed by atoms with Crippen LogP contribution in [0.3, 0.4) is 0 Å². The van der Waals surface area contributed by atoms with Gasteiger partial charge in [-0.1, -0.05) is 57.3 Å². The molecule has 21 heavy (non-hydrogen) atoms. The Morgan fingerprint density at radius 2 is 1.52 bits per heavy atom. The second-order valence-electron chi connectivity index (χ2n) is 5.39. The molecule has 0 saturated heterocycles. The maximum Gasteiger partial charge on any atom is 0.155 e. The second-order valence-corrected chi connectivity index (χ2v) is 5.39. The Morgan fingerprint density at radius 3 is 2.19 bits per heavy atom. The van der Waals surface area contributed by atoms with Gasteiger partial charge in [-0.05, 0) is 38.2 Å². The predicted octanol–water partition coefficient (Wildman–Crippen LogP) is 3.73. The summed E-state index contributed by atoms with van der Waals surface area (Å²) in [6, 6.07) is 0. The van der Waals surface area contributed by atoms with Crippen molar-refractivity contribution in [1.82, 2.24) is 0 Å². The van der Waals surface area contributed by atoms with E-state index in [-0.39, 0.29) is 12.2 Å².